The Hall–Kier alpha value is -0.570. The van der Waals surface area contributed by atoms with E-state index in [1.165, 1.54) is 7.11 Å². The molecule has 2 atom stereocenters. The van der Waals surface area contributed by atoms with Gasteiger partial charge in [0.05, 0.1) is 7.11 Å². The van der Waals surface area contributed by atoms with Gasteiger partial charge in [0, 0.05) is 6.04 Å². The van der Waals surface area contributed by atoms with E-state index >= 15 is 0 Å². The van der Waals surface area contributed by atoms with Crippen LogP contribution in [0.1, 0.15) is 47.5 Å². The first-order chi connectivity index (χ1) is 7.36. The molecule has 0 amide bonds. The van der Waals surface area contributed by atoms with Crippen LogP contribution in [0, 0.1) is 11.8 Å². The van der Waals surface area contributed by atoms with Crippen LogP contribution in [0.25, 0.3) is 0 Å². The highest BCUT2D eigenvalue weighted by Crippen LogP contribution is 2.10. The van der Waals surface area contributed by atoms with Crippen LogP contribution < -0.4 is 5.32 Å². The maximum absolute atomic E-state index is 11.6. The number of carbonyl (C=O) groups is 1. The highest BCUT2D eigenvalue weighted by Gasteiger charge is 2.22. The van der Waals surface area contributed by atoms with Gasteiger partial charge in [-0.15, -0.1) is 0 Å². The predicted octanol–water partition coefficient (Wildman–Crippen LogP) is 2.60. The summed E-state index contributed by atoms with van der Waals surface area (Å²) in [4.78, 5) is 11.6. The molecule has 0 bridgehead atoms. The average molecular weight is 229 g/mol. The van der Waals surface area contributed by atoms with Crippen molar-refractivity contribution < 1.29 is 9.53 Å². The summed E-state index contributed by atoms with van der Waals surface area (Å²) in [6, 6.07) is 0.182. The standard InChI is InChI=1S/C13H27NO2/c1-9(2)7-11(5)14-12(8-10(3)4)13(15)16-6/h9-12,14H,7-8H2,1-6H3. The quantitative estimate of drug-likeness (QED) is 0.682. The number of hydrogen-bond acceptors (Lipinski definition) is 3. The Morgan fingerprint density at radius 1 is 1.06 bits per heavy atom. The van der Waals surface area contributed by atoms with E-state index in [9.17, 15) is 4.79 Å². The molecule has 16 heavy (non-hydrogen) atoms. The monoisotopic (exact) mass is 229 g/mol. The number of rotatable bonds is 7. The molecule has 0 radical (unpaired) electrons. The maximum Gasteiger partial charge on any atom is 0.322 e. The highest BCUT2D eigenvalue weighted by atomic mass is 16.5. The summed E-state index contributed by atoms with van der Waals surface area (Å²) in [7, 11) is 1.45. The highest BCUT2D eigenvalue weighted by molar-refractivity contribution is 5.75. The average Bonchev–Trinajstić information content (AvgIpc) is 2.13. The molecule has 0 aliphatic heterocycles. The van der Waals surface area contributed by atoms with Crippen molar-refractivity contribution in [1.82, 2.24) is 5.32 Å². The molecule has 0 aromatic carbocycles. The fourth-order valence-corrected chi connectivity index (χ4v) is 1.96. The largest absolute Gasteiger partial charge is 0.468 e. The molecule has 0 aliphatic rings. The molecule has 3 heteroatoms. The summed E-state index contributed by atoms with van der Waals surface area (Å²) in [5.74, 6) is 0.979. The number of hydrogen-bond donors (Lipinski definition) is 1. The molecule has 0 saturated heterocycles. The summed E-state index contributed by atoms with van der Waals surface area (Å²) in [5.41, 5.74) is 0. The van der Waals surface area contributed by atoms with Crippen LogP contribution in [0.5, 0.6) is 0 Å². The first kappa shape index (κ1) is 15.4. The zero-order valence-corrected chi connectivity index (χ0v) is 11.5. The van der Waals surface area contributed by atoms with E-state index in [1.54, 1.807) is 0 Å². The minimum absolute atomic E-state index is 0.149. The zero-order chi connectivity index (χ0) is 12.7. The van der Waals surface area contributed by atoms with Crippen molar-refractivity contribution in [1.29, 1.82) is 0 Å². The molecule has 0 aromatic heterocycles. The Balaban J connectivity index is 4.24. The maximum atomic E-state index is 11.6. The normalized spacial score (nSPS) is 15.2. The molecule has 0 rings (SSSR count). The van der Waals surface area contributed by atoms with Gasteiger partial charge in [-0.05, 0) is 31.6 Å². The van der Waals surface area contributed by atoms with Crippen LogP contribution in [0.4, 0.5) is 0 Å². The van der Waals surface area contributed by atoms with E-state index < -0.39 is 0 Å². The lowest BCUT2D eigenvalue weighted by molar-refractivity contribution is -0.143. The lowest BCUT2D eigenvalue weighted by atomic mass is 10.0. The van der Waals surface area contributed by atoms with Gasteiger partial charge in [-0.25, -0.2) is 0 Å². The minimum Gasteiger partial charge on any atom is -0.468 e. The van der Waals surface area contributed by atoms with Gasteiger partial charge in [-0.3, -0.25) is 4.79 Å². The molecular weight excluding hydrogens is 202 g/mol. The van der Waals surface area contributed by atoms with E-state index in [2.05, 4.69) is 39.9 Å². The third-order valence-electron chi connectivity index (χ3n) is 2.50. The molecule has 0 aromatic rings. The third-order valence-corrected chi connectivity index (χ3v) is 2.50. The third kappa shape index (κ3) is 6.83. The van der Waals surface area contributed by atoms with Crippen LogP contribution in [0.3, 0.4) is 0 Å². The van der Waals surface area contributed by atoms with Gasteiger partial charge in [-0.1, -0.05) is 27.7 Å². The first-order valence-corrected chi connectivity index (χ1v) is 6.20. The van der Waals surface area contributed by atoms with E-state index in [4.69, 9.17) is 4.74 Å². The Morgan fingerprint density at radius 3 is 1.94 bits per heavy atom. The van der Waals surface area contributed by atoms with Crippen molar-refractivity contribution in [3.8, 4) is 0 Å². The molecule has 0 aliphatic carbocycles. The number of nitrogens with one attached hydrogen (secondary N) is 1. The summed E-state index contributed by atoms with van der Waals surface area (Å²) < 4.78 is 4.82. The van der Waals surface area contributed by atoms with Gasteiger partial charge in [0.2, 0.25) is 0 Å². The molecule has 0 fully saturated rings. The smallest absolute Gasteiger partial charge is 0.322 e. The van der Waals surface area contributed by atoms with E-state index in [0.29, 0.717) is 17.9 Å². The molecule has 3 nitrogen and oxygen atoms in total. The van der Waals surface area contributed by atoms with E-state index in [1.807, 2.05) is 0 Å². The second-order valence-electron chi connectivity index (χ2n) is 5.40. The van der Waals surface area contributed by atoms with Crippen molar-refractivity contribution >= 4 is 5.97 Å². The predicted molar refractivity (Wildman–Crippen MR) is 67.3 cm³/mol. The summed E-state index contributed by atoms with van der Waals surface area (Å²) in [6.45, 7) is 10.7. The Kier molecular flexibility index (Phi) is 7.39. The van der Waals surface area contributed by atoms with Gasteiger partial charge in [0.1, 0.15) is 6.04 Å². The minimum atomic E-state index is -0.168. The van der Waals surface area contributed by atoms with E-state index in [-0.39, 0.29) is 12.0 Å². The zero-order valence-electron chi connectivity index (χ0n) is 11.5. The Bertz CT molecular complexity index is 202. The Labute approximate surface area is 99.9 Å². The van der Waals surface area contributed by atoms with E-state index in [0.717, 1.165) is 12.8 Å². The van der Waals surface area contributed by atoms with Crippen LogP contribution in [0.2, 0.25) is 0 Å². The van der Waals surface area contributed by atoms with Gasteiger partial charge >= 0.3 is 5.97 Å². The molecular formula is C13H27NO2. The van der Waals surface area contributed by atoms with Crippen LogP contribution in [-0.2, 0) is 9.53 Å². The second-order valence-corrected chi connectivity index (χ2v) is 5.40. The number of ether oxygens (including phenoxy) is 1. The lowest BCUT2D eigenvalue weighted by Gasteiger charge is -2.23. The van der Waals surface area contributed by atoms with Crippen LogP contribution in [0.15, 0.2) is 0 Å². The summed E-state index contributed by atoms with van der Waals surface area (Å²) in [5, 5.41) is 3.36. The van der Waals surface area contributed by atoms with Gasteiger partial charge in [0.15, 0.2) is 0 Å². The number of methoxy groups -OCH3 is 1. The Morgan fingerprint density at radius 2 is 1.56 bits per heavy atom. The molecule has 1 N–H and O–H groups in total. The fraction of sp³-hybridized carbons (Fsp3) is 0.923. The van der Waals surface area contributed by atoms with Gasteiger partial charge in [-0.2, -0.15) is 0 Å². The van der Waals surface area contributed by atoms with Gasteiger partial charge in [0.25, 0.3) is 0 Å². The van der Waals surface area contributed by atoms with Crippen molar-refractivity contribution in [3.63, 3.8) is 0 Å². The van der Waals surface area contributed by atoms with Crippen molar-refractivity contribution in [2.24, 2.45) is 11.8 Å². The molecule has 2 unspecified atom stereocenters. The lowest BCUT2D eigenvalue weighted by Crippen LogP contribution is -2.44. The molecule has 0 spiro atoms. The van der Waals surface area contributed by atoms with Crippen molar-refractivity contribution in [3.05, 3.63) is 0 Å². The van der Waals surface area contributed by atoms with Crippen molar-refractivity contribution in [2.75, 3.05) is 7.11 Å². The topological polar surface area (TPSA) is 38.3 Å². The molecule has 0 saturated carbocycles. The van der Waals surface area contributed by atoms with Crippen LogP contribution in [-0.4, -0.2) is 25.2 Å². The first-order valence-electron chi connectivity index (χ1n) is 6.20. The summed E-state index contributed by atoms with van der Waals surface area (Å²) in [6.07, 6.45) is 1.90. The number of esters is 1. The fourth-order valence-electron chi connectivity index (χ4n) is 1.96. The van der Waals surface area contributed by atoms with Gasteiger partial charge < -0.3 is 10.1 Å². The van der Waals surface area contributed by atoms with Crippen LogP contribution >= 0.6 is 0 Å². The number of carbonyl (C=O) groups excluding carboxylic acids is 1. The summed E-state index contributed by atoms with van der Waals surface area (Å²) >= 11 is 0. The molecule has 96 valence electrons. The SMILES string of the molecule is COC(=O)C(CC(C)C)NC(C)CC(C)C. The molecule has 0 heterocycles. The second kappa shape index (κ2) is 7.66. The van der Waals surface area contributed by atoms with Crippen molar-refractivity contribution in [2.45, 2.75) is 59.5 Å².